The number of halogens is 1. The average molecular weight is 267 g/mol. The Bertz CT molecular complexity index is 459. The van der Waals surface area contributed by atoms with Crippen molar-refractivity contribution in [3.63, 3.8) is 0 Å². The van der Waals surface area contributed by atoms with Crippen molar-refractivity contribution in [2.75, 3.05) is 6.54 Å². The number of hydrogen-bond donors (Lipinski definition) is 1. The van der Waals surface area contributed by atoms with E-state index in [4.69, 9.17) is 17.3 Å². The van der Waals surface area contributed by atoms with E-state index in [1.165, 1.54) is 0 Å². The lowest BCUT2D eigenvalue weighted by Gasteiger charge is -2.46. The SMILES string of the molecule is CC1(C)C(N)CCCN1C(=O)c1cccc(Cl)c1. The second kappa shape index (κ2) is 4.90. The number of carbonyl (C=O) groups excluding carboxylic acids is 1. The molecule has 18 heavy (non-hydrogen) atoms. The molecule has 1 amide bonds. The Balaban J connectivity index is 2.28. The Morgan fingerprint density at radius 3 is 2.89 bits per heavy atom. The smallest absolute Gasteiger partial charge is 0.254 e. The van der Waals surface area contributed by atoms with Crippen molar-refractivity contribution >= 4 is 17.5 Å². The molecule has 0 bridgehead atoms. The summed E-state index contributed by atoms with van der Waals surface area (Å²) in [5.74, 6) is 0.0117. The first-order chi connectivity index (χ1) is 8.43. The summed E-state index contributed by atoms with van der Waals surface area (Å²) >= 11 is 5.93. The molecule has 1 aromatic rings. The van der Waals surface area contributed by atoms with Gasteiger partial charge in [0.15, 0.2) is 0 Å². The van der Waals surface area contributed by atoms with E-state index in [0.717, 1.165) is 19.4 Å². The molecule has 98 valence electrons. The van der Waals surface area contributed by atoms with E-state index in [1.807, 2.05) is 18.7 Å². The highest BCUT2D eigenvalue weighted by atomic mass is 35.5. The van der Waals surface area contributed by atoms with Crippen LogP contribution in [0.1, 0.15) is 37.0 Å². The Morgan fingerprint density at radius 2 is 2.22 bits per heavy atom. The zero-order valence-corrected chi connectivity index (χ0v) is 11.6. The van der Waals surface area contributed by atoms with Crippen LogP contribution >= 0.6 is 11.6 Å². The zero-order chi connectivity index (χ0) is 13.3. The van der Waals surface area contributed by atoms with Gasteiger partial charge in [0.05, 0.1) is 5.54 Å². The third-order valence-electron chi connectivity index (χ3n) is 3.82. The molecule has 2 N–H and O–H groups in total. The second-order valence-corrected chi connectivity index (χ2v) is 5.81. The maximum atomic E-state index is 12.5. The fourth-order valence-corrected chi connectivity index (χ4v) is 2.64. The molecule has 3 nitrogen and oxygen atoms in total. The summed E-state index contributed by atoms with van der Waals surface area (Å²) in [7, 11) is 0. The second-order valence-electron chi connectivity index (χ2n) is 5.37. The van der Waals surface area contributed by atoms with Crippen LogP contribution in [0, 0.1) is 0 Å². The molecule has 0 aliphatic carbocycles. The maximum absolute atomic E-state index is 12.5. The predicted molar refractivity (Wildman–Crippen MR) is 73.8 cm³/mol. The summed E-state index contributed by atoms with van der Waals surface area (Å²) in [5.41, 5.74) is 6.45. The number of amides is 1. The summed E-state index contributed by atoms with van der Waals surface area (Å²) in [4.78, 5) is 14.4. The maximum Gasteiger partial charge on any atom is 0.254 e. The normalized spacial score (nSPS) is 22.9. The van der Waals surface area contributed by atoms with E-state index in [2.05, 4.69) is 0 Å². The van der Waals surface area contributed by atoms with Crippen molar-refractivity contribution < 1.29 is 4.79 Å². The van der Waals surface area contributed by atoms with Crippen molar-refractivity contribution in [2.45, 2.75) is 38.3 Å². The van der Waals surface area contributed by atoms with Crippen molar-refractivity contribution in [2.24, 2.45) is 5.73 Å². The van der Waals surface area contributed by atoms with Crippen molar-refractivity contribution in [3.05, 3.63) is 34.9 Å². The number of benzene rings is 1. The molecule has 1 fully saturated rings. The monoisotopic (exact) mass is 266 g/mol. The van der Waals surface area contributed by atoms with Crippen molar-refractivity contribution in [1.29, 1.82) is 0 Å². The van der Waals surface area contributed by atoms with E-state index >= 15 is 0 Å². The van der Waals surface area contributed by atoms with Crippen LogP contribution in [0.2, 0.25) is 5.02 Å². The Morgan fingerprint density at radius 1 is 1.50 bits per heavy atom. The van der Waals surface area contributed by atoms with Gasteiger partial charge in [0.25, 0.3) is 5.91 Å². The van der Waals surface area contributed by atoms with Gasteiger partial charge in [-0.2, -0.15) is 0 Å². The zero-order valence-electron chi connectivity index (χ0n) is 10.8. The van der Waals surface area contributed by atoms with E-state index in [0.29, 0.717) is 10.6 Å². The molecule has 1 aliphatic rings. The molecule has 4 heteroatoms. The number of hydrogen-bond acceptors (Lipinski definition) is 2. The lowest BCUT2D eigenvalue weighted by molar-refractivity contribution is 0.0362. The molecule has 1 saturated heterocycles. The van der Waals surface area contributed by atoms with Gasteiger partial charge in [-0.3, -0.25) is 4.79 Å². The lowest BCUT2D eigenvalue weighted by Crippen LogP contribution is -2.61. The highest BCUT2D eigenvalue weighted by molar-refractivity contribution is 6.30. The van der Waals surface area contributed by atoms with Gasteiger partial charge in [-0.05, 0) is 44.9 Å². The molecule has 1 atom stereocenters. The Labute approximate surface area is 113 Å². The average Bonchev–Trinajstić information content (AvgIpc) is 2.32. The van der Waals surface area contributed by atoms with Crippen LogP contribution < -0.4 is 5.73 Å². The van der Waals surface area contributed by atoms with Gasteiger partial charge in [0, 0.05) is 23.2 Å². The molecule has 0 radical (unpaired) electrons. The quantitative estimate of drug-likeness (QED) is 0.850. The van der Waals surface area contributed by atoms with Gasteiger partial charge in [0.2, 0.25) is 0 Å². The number of likely N-dealkylation sites (tertiary alicyclic amines) is 1. The number of nitrogens with two attached hydrogens (primary N) is 1. The number of nitrogens with zero attached hydrogens (tertiary/aromatic N) is 1. The van der Waals surface area contributed by atoms with E-state index in [-0.39, 0.29) is 17.5 Å². The minimum atomic E-state index is -0.308. The van der Waals surface area contributed by atoms with Gasteiger partial charge in [0.1, 0.15) is 0 Å². The van der Waals surface area contributed by atoms with Gasteiger partial charge in [-0.15, -0.1) is 0 Å². The minimum Gasteiger partial charge on any atom is -0.332 e. The highest BCUT2D eigenvalue weighted by Gasteiger charge is 2.39. The van der Waals surface area contributed by atoms with Crippen molar-refractivity contribution in [1.82, 2.24) is 4.90 Å². The van der Waals surface area contributed by atoms with Gasteiger partial charge in [-0.1, -0.05) is 17.7 Å². The minimum absolute atomic E-state index is 0.0117. The van der Waals surface area contributed by atoms with Crippen LogP contribution in [0.5, 0.6) is 0 Å². The first-order valence-corrected chi connectivity index (χ1v) is 6.64. The molecular formula is C14H19ClN2O. The molecule has 0 spiro atoms. The largest absolute Gasteiger partial charge is 0.332 e. The summed E-state index contributed by atoms with van der Waals surface area (Å²) in [6, 6.07) is 7.09. The first kappa shape index (κ1) is 13.4. The standard InChI is InChI=1S/C14H19ClN2O/c1-14(2)12(16)7-4-8-17(14)13(18)10-5-3-6-11(15)9-10/h3,5-6,9,12H,4,7-8,16H2,1-2H3. The highest BCUT2D eigenvalue weighted by Crippen LogP contribution is 2.28. The molecule has 1 aromatic carbocycles. The lowest BCUT2D eigenvalue weighted by atomic mass is 9.85. The molecule has 0 aromatic heterocycles. The van der Waals surface area contributed by atoms with Gasteiger partial charge < -0.3 is 10.6 Å². The predicted octanol–water partition coefficient (Wildman–Crippen LogP) is 2.68. The fourth-order valence-electron chi connectivity index (χ4n) is 2.45. The number of piperidine rings is 1. The summed E-state index contributed by atoms with van der Waals surface area (Å²) in [6.45, 7) is 4.81. The number of carbonyl (C=O) groups is 1. The summed E-state index contributed by atoms with van der Waals surface area (Å²) in [6.07, 6.45) is 1.92. The van der Waals surface area contributed by atoms with E-state index in [1.54, 1.807) is 24.3 Å². The summed E-state index contributed by atoms with van der Waals surface area (Å²) in [5, 5.41) is 0.583. The summed E-state index contributed by atoms with van der Waals surface area (Å²) < 4.78 is 0. The molecular weight excluding hydrogens is 248 g/mol. The Hall–Kier alpha value is -1.06. The van der Waals surface area contributed by atoms with Crippen LogP contribution in [-0.4, -0.2) is 28.9 Å². The van der Waals surface area contributed by atoms with Crippen molar-refractivity contribution in [3.8, 4) is 0 Å². The molecule has 1 heterocycles. The van der Waals surface area contributed by atoms with Crippen LogP contribution in [0.25, 0.3) is 0 Å². The van der Waals surface area contributed by atoms with Crippen LogP contribution in [0.15, 0.2) is 24.3 Å². The topological polar surface area (TPSA) is 46.3 Å². The Kier molecular flexibility index (Phi) is 3.64. The third-order valence-corrected chi connectivity index (χ3v) is 4.05. The number of rotatable bonds is 1. The van der Waals surface area contributed by atoms with Gasteiger partial charge >= 0.3 is 0 Å². The van der Waals surface area contributed by atoms with Crippen LogP contribution in [0.3, 0.4) is 0 Å². The fraction of sp³-hybridized carbons (Fsp3) is 0.500. The van der Waals surface area contributed by atoms with Crippen LogP contribution in [0.4, 0.5) is 0 Å². The first-order valence-electron chi connectivity index (χ1n) is 6.26. The third kappa shape index (κ3) is 2.38. The molecule has 1 aliphatic heterocycles. The molecule has 1 unspecified atom stereocenters. The van der Waals surface area contributed by atoms with E-state index < -0.39 is 0 Å². The van der Waals surface area contributed by atoms with E-state index in [9.17, 15) is 4.79 Å². The van der Waals surface area contributed by atoms with Crippen LogP contribution in [-0.2, 0) is 0 Å². The molecule has 0 saturated carbocycles. The molecule has 2 rings (SSSR count). The van der Waals surface area contributed by atoms with Gasteiger partial charge in [-0.25, -0.2) is 0 Å².